The van der Waals surface area contributed by atoms with Crippen LogP contribution in [0.5, 0.6) is 0 Å². The molecule has 1 spiro atoms. The van der Waals surface area contributed by atoms with Crippen LogP contribution < -0.4 is 0 Å². The molecule has 0 radical (unpaired) electrons. The fourth-order valence-electron chi connectivity index (χ4n) is 5.81. The molecule has 146 valence electrons. The number of benzene rings is 2. The summed E-state index contributed by atoms with van der Waals surface area (Å²) >= 11 is 6.38. The average Bonchev–Trinajstić information content (AvgIpc) is 3.29. The Morgan fingerprint density at radius 3 is 2.82 bits per heavy atom. The van der Waals surface area contributed by atoms with Crippen molar-refractivity contribution in [2.45, 2.75) is 44.3 Å². The van der Waals surface area contributed by atoms with Gasteiger partial charge in [-0.3, -0.25) is 9.69 Å². The number of nitrogens with zero attached hydrogens (tertiary/aromatic N) is 2. The second-order valence-electron chi connectivity index (χ2n) is 8.42. The number of amides is 1. The van der Waals surface area contributed by atoms with Gasteiger partial charge in [0.1, 0.15) is 11.4 Å². The van der Waals surface area contributed by atoms with Crippen molar-refractivity contribution >= 4 is 17.5 Å². The molecule has 0 N–H and O–H groups in total. The quantitative estimate of drug-likeness (QED) is 0.746. The normalized spacial score (nSPS) is 29.4. The molecule has 3 fully saturated rings. The Hall–Kier alpha value is -1.91. The highest BCUT2D eigenvalue weighted by Gasteiger charge is 2.65. The molecule has 2 aromatic carbocycles. The number of aryl methyl sites for hydroxylation is 1. The van der Waals surface area contributed by atoms with E-state index in [0.29, 0.717) is 17.1 Å². The standard InChI is InChI=1S/C23H24ClFN2O/c1-15-6-2-3-7-16(15)13-26-14-17-12-20(21-18(24)8-4-9-19(21)25)27-11-5-10-23(17,27)22(26)28/h2-4,6-9,17,20H,5,10-14H2,1H3/t17-,20-,23-/m0/s1. The lowest BCUT2D eigenvalue weighted by molar-refractivity contribution is -0.137. The zero-order chi connectivity index (χ0) is 19.5. The minimum Gasteiger partial charge on any atom is -0.336 e. The average molecular weight is 399 g/mol. The molecule has 0 aromatic heterocycles. The lowest BCUT2D eigenvalue weighted by Gasteiger charge is -2.34. The smallest absolute Gasteiger partial charge is 0.243 e. The van der Waals surface area contributed by atoms with E-state index in [0.717, 1.165) is 32.4 Å². The first-order valence-electron chi connectivity index (χ1n) is 10.1. The molecule has 3 aliphatic rings. The van der Waals surface area contributed by atoms with Gasteiger partial charge in [0.05, 0.1) is 0 Å². The van der Waals surface area contributed by atoms with Crippen molar-refractivity contribution in [3.8, 4) is 0 Å². The molecular formula is C23H24ClFN2O. The van der Waals surface area contributed by atoms with E-state index >= 15 is 0 Å². The van der Waals surface area contributed by atoms with Gasteiger partial charge >= 0.3 is 0 Å². The van der Waals surface area contributed by atoms with E-state index in [9.17, 15) is 9.18 Å². The first kappa shape index (κ1) is 18.1. The fourth-order valence-corrected chi connectivity index (χ4v) is 6.10. The molecule has 0 bridgehead atoms. The number of halogens is 2. The first-order valence-corrected chi connectivity index (χ1v) is 10.4. The van der Waals surface area contributed by atoms with Gasteiger partial charge in [-0.25, -0.2) is 4.39 Å². The Labute approximate surface area is 170 Å². The zero-order valence-corrected chi connectivity index (χ0v) is 16.8. The summed E-state index contributed by atoms with van der Waals surface area (Å²) in [6.07, 6.45) is 2.63. The SMILES string of the molecule is Cc1ccccc1CN1C[C@@H]2C[C@@H](c3c(F)cccc3Cl)N3CCC[C@@]23C1=O. The summed E-state index contributed by atoms with van der Waals surface area (Å²) in [5.74, 6) is 0.184. The molecule has 5 rings (SSSR count). The second-order valence-corrected chi connectivity index (χ2v) is 8.82. The topological polar surface area (TPSA) is 23.6 Å². The molecule has 0 aliphatic carbocycles. The summed E-state index contributed by atoms with van der Waals surface area (Å²) in [6, 6.07) is 13.0. The molecule has 3 nitrogen and oxygen atoms in total. The minimum atomic E-state index is -0.473. The molecule has 1 amide bonds. The van der Waals surface area contributed by atoms with E-state index in [4.69, 9.17) is 11.6 Å². The molecule has 2 aromatic rings. The largest absolute Gasteiger partial charge is 0.336 e. The maximum Gasteiger partial charge on any atom is 0.243 e. The number of hydrogen-bond donors (Lipinski definition) is 0. The van der Waals surface area contributed by atoms with E-state index in [-0.39, 0.29) is 23.7 Å². The van der Waals surface area contributed by atoms with E-state index in [1.165, 1.54) is 17.2 Å². The van der Waals surface area contributed by atoms with Crippen LogP contribution in [0.4, 0.5) is 4.39 Å². The van der Waals surface area contributed by atoms with Crippen LogP contribution in [0.2, 0.25) is 5.02 Å². The van der Waals surface area contributed by atoms with E-state index in [1.54, 1.807) is 12.1 Å². The summed E-state index contributed by atoms with van der Waals surface area (Å²) in [6.45, 7) is 4.32. The number of carbonyl (C=O) groups excluding carboxylic acids is 1. The molecule has 3 aliphatic heterocycles. The summed E-state index contributed by atoms with van der Waals surface area (Å²) in [5, 5.41) is 0.469. The van der Waals surface area contributed by atoms with Gasteiger partial charge in [0.2, 0.25) is 5.91 Å². The highest BCUT2D eigenvalue weighted by molar-refractivity contribution is 6.31. The molecule has 0 unspecified atom stereocenters. The Morgan fingerprint density at radius 1 is 1.21 bits per heavy atom. The summed E-state index contributed by atoms with van der Waals surface area (Å²) in [5.41, 5.74) is 2.51. The highest BCUT2D eigenvalue weighted by Crippen LogP contribution is 2.57. The third-order valence-corrected chi connectivity index (χ3v) is 7.41. The second kappa shape index (κ2) is 6.57. The van der Waals surface area contributed by atoms with Gasteiger partial charge in [-0.2, -0.15) is 0 Å². The van der Waals surface area contributed by atoms with Crippen LogP contribution in [0.15, 0.2) is 42.5 Å². The summed E-state index contributed by atoms with van der Waals surface area (Å²) in [7, 11) is 0. The van der Waals surface area contributed by atoms with Crippen molar-refractivity contribution in [1.82, 2.24) is 9.80 Å². The fraction of sp³-hybridized carbons (Fsp3) is 0.435. The Balaban J connectivity index is 1.47. The Kier molecular flexibility index (Phi) is 4.25. The van der Waals surface area contributed by atoms with Gasteiger partial charge in [-0.1, -0.05) is 41.9 Å². The monoisotopic (exact) mass is 398 g/mol. The van der Waals surface area contributed by atoms with Gasteiger partial charge < -0.3 is 4.90 Å². The van der Waals surface area contributed by atoms with E-state index in [2.05, 4.69) is 24.0 Å². The van der Waals surface area contributed by atoms with Gasteiger partial charge in [0.25, 0.3) is 0 Å². The summed E-state index contributed by atoms with van der Waals surface area (Å²) in [4.78, 5) is 17.9. The first-order chi connectivity index (χ1) is 13.5. The van der Waals surface area contributed by atoms with Crippen molar-refractivity contribution in [2.24, 2.45) is 5.92 Å². The third-order valence-electron chi connectivity index (χ3n) is 7.08. The predicted molar refractivity (Wildman–Crippen MR) is 108 cm³/mol. The van der Waals surface area contributed by atoms with Crippen LogP contribution in [-0.2, 0) is 11.3 Å². The van der Waals surface area contributed by atoms with Gasteiger partial charge in [-0.05, 0) is 56.0 Å². The van der Waals surface area contributed by atoms with Crippen molar-refractivity contribution in [3.63, 3.8) is 0 Å². The zero-order valence-electron chi connectivity index (χ0n) is 16.0. The van der Waals surface area contributed by atoms with E-state index in [1.807, 2.05) is 17.0 Å². The maximum absolute atomic E-state index is 14.6. The van der Waals surface area contributed by atoms with Gasteiger partial charge in [0, 0.05) is 35.6 Å². The maximum atomic E-state index is 14.6. The van der Waals surface area contributed by atoms with Crippen LogP contribution in [-0.4, -0.2) is 34.3 Å². The lowest BCUT2D eigenvalue weighted by Crippen LogP contribution is -2.49. The number of rotatable bonds is 3. The molecule has 5 heteroatoms. The van der Waals surface area contributed by atoms with Gasteiger partial charge in [-0.15, -0.1) is 0 Å². The highest BCUT2D eigenvalue weighted by atomic mass is 35.5. The van der Waals surface area contributed by atoms with Crippen LogP contribution in [0, 0.1) is 18.7 Å². The number of hydrogen-bond acceptors (Lipinski definition) is 2. The van der Waals surface area contributed by atoms with Crippen LogP contribution in [0.3, 0.4) is 0 Å². The molecule has 3 atom stereocenters. The van der Waals surface area contributed by atoms with Crippen LogP contribution in [0.1, 0.15) is 42.0 Å². The van der Waals surface area contributed by atoms with Crippen molar-refractivity contribution < 1.29 is 9.18 Å². The Morgan fingerprint density at radius 2 is 2.04 bits per heavy atom. The van der Waals surface area contributed by atoms with Gasteiger partial charge in [0.15, 0.2) is 0 Å². The lowest BCUT2D eigenvalue weighted by atomic mass is 9.85. The molecule has 3 saturated heterocycles. The minimum absolute atomic E-state index is 0.106. The molecular weight excluding hydrogens is 375 g/mol. The third kappa shape index (κ3) is 2.47. The number of carbonyl (C=O) groups is 1. The predicted octanol–water partition coefficient (Wildman–Crippen LogP) is 4.73. The van der Waals surface area contributed by atoms with E-state index < -0.39 is 5.54 Å². The van der Waals surface area contributed by atoms with Crippen LogP contribution in [0.25, 0.3) is 0 Å². The van der Waals surface area contributed by atoms with Crippen molar-refractivity contribution in [1.29, 1.82) is 0 Å². The van der Waals surface area contributed by atoms with Crippen molar-refractivity contribution in [3.05, 3.63) is 70.0 Å². The van der Waals surface area contributed by atoms with Crippen molar-refractivity contribution in [2.75, 3.05) is 13.1 Å². The summed E-state index contributed by atoms with van der Waals surface area (Å²) < 4.78 is 14.6. The molecule has 28 heavy (non-hydrogen) atoms. The molecule has 0 saturated carbocycles. The number of likely N-dealkylation sites (tertiary alicyclic amines) is 1. The van der Waals surface area contributed by atoms with Crippen LogP contribution >= 0.6 is 11.6 Å². The Bertz CT molecular complexity index is 928. The molecule has 3 heterocycles.